The fourth-order valence-corrected chi connectivity index (χ4v) is 4.72. The van der Waals surface area contributed by atoms with E-state index in [-0.39, 0.29) is 29.3 Å². The van der Waals surface area contributed by atoms with Crippen LogP contribution in [-0.2, 0) is 14.8 Å². The first-order valence-corrected chi connectivity index (χ1v) is 11.1. The molecule has 0 spiro atoms. The van der Waals surface area contributed by atoms with Crippen molar-refractivity contribution in [2.75, 3.05) is 18.4 Å². The Labute approximate surface area is 171 Å². The molecule has 1 aromatic heterocycles. The van der Waals surface area contributed by atoms with Crippen LogP contribution in [0.25, 0.3) is 0 Å². The smallest absolute Gasteiger partial charge is 0.262 e. The van der Waals surface area contributed by atoms with Crippen LogP contribution in [0.4, 0.5) is 5.69 Å². The van der Waals surface area contributed by atoms with E-state index in [0.717, 1.165) is 0 Å². The van der Waals surface area contributed by atoms with Crippen molar-refractivity contribution in [1.82, 2.24) is 13.9 Å². The molecule has 2 aromatic rings. The normalized spacial score (nSPS) is 18.0. The van der Waals surface area contributed by atoms with Crippen molar-refractivity contribution in [3.63, 3.8) is 0 Å². The molecule has 8 nitrogen and oxygen atoms in total. The number of hydrogen-bond donors (Lipinski definition) is 1. The van der Waals surface area contributed by atoms with Crippen molar-refractivity contribution in [2.24, 2.45) is 5.92 Å². The number of anilines is 1. The number of rotatable bonds is 6. The number of ketones is 1. The van der Waals surface area contributed by atoms with Crippen LogP contribution in [0.5, 0.6) is 0 Å². The Bertz CT molecular complexity index is 996. The second-order valence-electron chi connectivity index (χ2n) is 7.58. The van der Waals surface area contributed by atoms with Crippen LogP contribution in [-0.4, -0.2) is 47.1 Å². The molecule has 0 bridgehead atoms. The maximum atomic E-state index is 12.9. The molecule has 1 amide bonds. The lowest BCUT2D eigenvalue weighted by atomic mass is 9.98. The van der Waals surface area contributed by atoms with Crippen LogP contribution in [0.1, 0.15) is 50.0 Å². The van der Waals surface area contributed by atoms with Gasteiger partial charge in [-0.15, -0.1) is 0 Å². The van der Waals surface area contributed by atoms with E-state index in [0.29, 0.717) is 30.6 Å². The minimum atomic E-state index is -3.75. The largest absolute Gasteiger partial charge is 0.334 e. The summed E-state index contributed by atoms with van der Waals surface area (Å²) in [6, 6.07) is 6.76. The SMILES string of the molecule is CC(=O)c1ccc(NC(=O)[C@@H]2CCCN(S(=O)(=O)c3cn(C(C)C)cn3)C2)cc1. The molecule has 156 valence electrons. The molecule has 0 saturated carbocycles. The monoisotopic (exact) mass is 418 g/mol. The van der Waals surface area contributed by atoms with E-state index < -0.39 is 15.9 Å². The van der Waals surface area contributed by atoms with E-state index in [9.17, 15) is 18.0 Å². The van der Waals surface area contributed by atoms with Crippen molar-refractivity contribution in [2.45, 2.75) is 44.7 Å². The number of carbonyl (C=O) groups is 2. The summed E-state index contributed by atoms with van der Waals surface area (Å²) in [5.74, 6) is -0.720. The first-order valence-electron chi connectivity index (χ1n) is 9.64. The summed E-state index contributed by atoms with van der Waals surface area (Å²) in [5, 5.41) is 2.82. The van der Waals surface area contributed by atoms with Crippen molar-refractivity contribution in [1.29, 1.82) is 0 Å². The van der Waals surface area contributed by atoms with Gasteiger partial charge in [-0.2, -0.15) is 4.31 Å². The van der Waals surface area contributed by atoms with Gasteiger partial charge in [0.25, 0.3) is 10.0 Å². The van der Waals surface area contributed by atoms with Crippen LogP contribution >= 0.6 is 0 Å². The molecule has 3 rings (SSSR count). The van der Waals surface area contributed by atoms with E-state index >= 15 is 0 Å². The summed E-state index contributed by atoms with van der Waals surface area (Å²) in [6.07, 6.45) is 4.26. The summed E-state index contributed by atoms with van der Waals surface area (Å²) in [5.41, 5.74) is 1.15. The molecule has 1 aliphatic rings. The number of Topliss-reactive ketones (excluding diaryl/α,β-unsaturated/α-hetero) is 1. The number of carbonyl (C=O) groups excluding carboxylic acids is 2. The van der Waals surface area contributed by atoms with Gasteiger partial charge in [0.1, 0.15) is 0 Å². The summed E-state index contributed by atoms with van der Waals surface area (Å²) >= 11 is 0. The zero-order chi connectivity index (χ0) is 21.2. The number of nitrogens with zero attached hydrogens (tertiary/aromatic N) is 3. The third-order valence-corrected chi connectivity index (χ3v) is 6.84. The third kappa shape index (κ3) is 4.73. The second kappa shape index (κ2) is 8.46. The zero-order valence-electron chi connectivity index (χ0n) is 16.8. The number of sulfonamides is 1. The molecule has 0 aliphatic carbocycles. The van der Waals surface area contributed by atoms with Crippen molar-refractivity contribution in [3.8, 4) is 0 Å². The summed E-state index contributed by atoms with van der Waals surface area (Å²) in [6.45, 7) is 5.86. The number of nitrogens with one attached hydrogen (secondary N) is 1. The van der Waals surface area contributed by atoms with Gasteiger partial charge in [0.05, 0.1) is 12.2 Å². The van der Waals surface area contributed by atoms with Crippen LogP contribution in [0.2, 0.25) is 0 Å². The van der Waals surface area contributed by atoms with Gasteiger partial charge in [-0.25, -0.2) is 13.4 Å². The maximum Gasteiger partial charge on any atom is 0.262 e. The fraction of sp³-hybridized carbons (Fsp3) is 0.450. The standard InChI is InChI=1S/C20H26N4O4S/c1-14(2)23-12-19(21-13-23)29(27,28)24-10-4-5-17(11-24)20(26)22-18-8-6-16(7-9-18)15(3)25/h6-9,12-14,17H,4-5,10-11H2,1-3H3,(H,22,26)/t17-/m1/s1. The highest BCUT2D eigenvalue weighted by Crippen LogP contribution is 2.24. The molecular formula is C20H26N4O4S. The Morgan fingerprint density at radius 2 is 1.90 bits per heavy atom. The molecule has 29 heavy (non-hydrogen) atoms. The average molecular weight is 419 g/mol. The molecule has 0 unspecified atom stereocenters. The Morgan fingerprint density at radius 1 is 1.21 bits per heavy atom. The summed E-state index contributed by atoms with van der Waals surface area (Å²) in [7, 11) is -3.75. The first kappa shape index (κ1) is 21.2. The van der Waals surface area contributed by atoms with Crippen molar-refractivity contribution >= 4 is 27.4 Å². The number of aromatic nitrogens is 2. The predicted octanol–water partition coefficient (Wildman–Crippen LogP) is 2.71. The molecule has 1 atom stereocenters. The Hall–Kier alpha value is -2.52. The number of benzene rings is 1. The highest BCUT2D eigenvalue weighted by atomic mass is 32.2. The van der Waals surface area contributed by atoms with E-state index in [1.165, 1.54) is 23.8 Å². The Kier molecular flexibility index (Phi) is 6.18. The van der Waals surface area contributed by atoms with Crippen LogP contribution in [0, 0.1) is 5.92 Å². The lowest BCUT2D eigenvalue weighted by Crippen LogP contribution is -2.43. The van der Waals surface area contributed by atoms with Gasteiger partial charge in [0.15, 0.2) is 10.8 Å². The minimum Gasteiger partial charge on any atom is -0.334 e. The van der Waals surface area contributed by atoms with Gasteiger partial charge in [0.2, 0.25) is 5.91 Å². The van der Waals surface area contributed by atoms with Crippen molar-refractivity contribution < 1.29 is 18.0 Å². The Morgan fingerprint density at radius 3 is 2.48 bits per heavy atom. The highest BCUT2D eigenvalue weighted by Gasteiger charge is 2.34. The molecular weight excluding hydrogens is 392 g/mol. The van der Waals surface area contributed by atoms with Crippen LogP contribution < -0.4 is 5.32 Å². The topological polar surface area (TPSA) is 101 Å². The van der Waals surface area contributed by atoms with Crippen LogP contribution in [0.15, 0.2) is 41.8 Å². The van der Waals surface area contributed by atoms with Crippen LogP contribution in [0.3, 0.4) is 0 Å². The predicted molar refractivity (Wildman–Crippen MR) is 109 cm³/mol. The van der Waals surface area contributed by atoms with E-state index in [1.54, 1.807) is 28.8 Å². The molecule has 9 heteroatoms. The third-order valence-electron chi connectivity index (χ3n) is 5.09. The summed E-state index contributed by atoms with van der Waals surface area (Å²) < 4.78 is 29.0. The lowest BCUT2D eigenvalue weighted by Gasteiger charge is -2.30. The van der Waals surface area contributed by atoms with Gasteiger partial charge >= 0.3 is 0 Å². The van der Waals surface area contributed by atoms with Crippen molar-refractivity contribution in [3.05, 3.63) is 42.4 Å². The lowest BCUT2D eigenvalue weighted by molar-refractivity contribution is -0.120. The quantitative estimate of drug-likeness (QED) is 0.727. The molecule has 2 heterocycles. The molecule has 1 aromatic carbocycles. The number of imidazole rings is 1. The minimum absolute atomic E-state index is 0.00656. The molecule has 0 radical (unpaired) electrons. The zero-order valence-corrected chi connectivity index (χ0v) is 17.6. The van der Waals surface area contributed by atoms with Gasteiger partial charge in [-0.05, 0) is 57.9 Å². The number of piperidine rings is 1. The molecule has 1 fully saturated rings. The second-order valence-corrected chi connectivity index (χ2v) is 9.46. The molecule has 1 aliphatic heterocycles. The van der Waals surface area contributed by atoms with Gasteiger partial charge in [-0.3, -0.25) is 9.59 Å². The maximum absolute atomic E-state index is 12.9. The van der Waals surface area contributed by atoms with E-state index in [1.807, 2.05) is 13.8 Å². The fourth-order valence-electron chi connectivity index (χ4n) is 3.27. The van der Waals surface area contributed by atoms with Gasteiger partial charge in [-0.1, -0.05) is 0 Å². The average Bonchev–Trinajstić information content (AvgIpc) is 3.20. The van der Waals surface area contributed by atoms with Gasteiger partial charge in [0, 0.05) is 36.6 Å². The van der Waals surface area contributed by atoms with Gasteiger partial charge < -0.3 is 9.88 Å². The number of hydrogen-bond acceptors (Lipinski definition) is 5. The first-order chi connectivity index (χ1) is 13.7. The molecule has 1 N–H and O–H groups in total. The van der Waals surface area contributed by atoms with E-state index in [4.69, 9.17) is 0 Å². The summed E-state index contributed by atoms with van der Waals surface area (Å²) in [4.78, 5) is 28.1. The van der Waals surface area contributed by atoms with E-state index in [2.05, 4.69) is 10.3 Å². The highest BCUT2D eigenvalue weighted by molar-refractivity contribution is 7.89. The molecule has 1 saturated heterocycles. The number of amides is 1. The Balaban J connectivity index is 1.69.